The number of fused-ring (bicyclic) bond motifs is 3. The van der Waals surface area contributed by atoms with Crippen LogP contribution in [0.2, 0.25) is 0 Å². The first-order chi connectivity index (χ1) is 13.8. The maximum absolute atomic E-state index is 6.59. The summed E-state index contributed by atoms with van der Waals surface area (Å²) < 4.78 is 6.59. The Morgan fingerprint density at radius 2 is 1.39 bits per heavy atom. The molecule has 5 aromatic carbocycles. The first kappa shape index (κ1) is 15.9. The van der Waals surface area contributed by atoms with E-state index in [1.165, 1.54) is 43.4 Å². The molecule has 1 heterocycles. The maximum atomic E-state index is 6.59. The molecule has 6 rings (SSSR count). The molecule has 0 fully saturated rings. The van der Waals surface area contributed by atoms with Gasteiger partial charge in [-0.25, -0.2) is 0 Å². The average molecular weight is 362 g/mol. The largest absolute Gasteiger partial charge is 0.456 e. The highest BCUT2D eigenvalue weighted by molar-refractivity contribution is 6.24. The Morgan fingerprint density at radius 1 is 0.679 bits per heavy atom. The van der Waals surface area contributed by atoms with Crippen molar-refractivity contribution in [2.45, 2.75) is 32.1 Å². The number of rotatable bonds is 2. The van der Waals surface area contributed by atoms with Gasteiger partial charge in [0.15, 0.2) is 0 Å². The van der Waals surface area contributed by atoms with E-state index in [-0.39, 0.29) is 5.41 Å². The summed E-state index contributed by atoms with van der Waals surface area (Å²) in [6.07, 6.45) is 2.12. The molecular weight excluding hydrogens is 340 g/mol. The van der Waals surface area contributed by atoms with E-state index in [1.54, 1.807) is 0 Å². The smallest absolute Gasteiger partial charge is 0.139 e. The molecule has 0 saturated carbocycles. The molecule has 0 aromatic heterocycles. The molecule has 0 radical (unpaired) electrons. The zero-order chi connectivity index (χ0) is 18.9. The predicted octanol–water partition coefficient (Wildman–Crippen LogP) is 7.80. The fourth-order valence-corrected chi connectivity index (χ4v) is 5.47. The molecule has 0 unspecified atom stereocenters. The minimum absolute atomic E-state index is 0.00533. The van der Waals surface area contributed by atoms with Gasteiger partial charge >= 0.3 is 0 Å². The lowest BCUT2D eigenvalue weighted by atomic mass is 9.68. The summed E-state index contributed by atoms with van der Waals surface area (Å²) in [5, 5.41) is 7.81. The van der Waals surface area contributed by atoms with Gasteiger partial charge in [-0.15, -0.1) is 0 Å². The summed E-state index contributed by atoms with van der Waals surface area (Å²) in [4.78, 5) is 0. The van der Waals surface area contributed by atoms with Crippen LogP contribution < -0.4 is 4.74 Å². The molecule has 1 nitrogen and oxygen atoms in total. The van der Waals surface area contributed by atoms with Crippen LogP contribution in [0.4, 0.5) is 0 Å². The highest BCUT2D eigenvalue weighted by Crippen LogP contribution is 2.55. The molecule has 136 valence electrons. The molecule has 1 aliphatic rings. The van der Waals surface area contributed by atoms with Crippen LogP contribution >= 0.6 is 0 Å². The van der Waals surface area contributed by atoms with E-state index >= 15 is 0 Å². The van der Waals surface area contributed by atoms with E-state index < -0.39 is 0 Å². The van der Waals surface area contributed by atoms with E-state index in [2.05, 4.69) is 86.6 Å². The summed E-state index contributed by atoms with van der Waals surface area (Å²) in [7, 11) is 0. The van der Waals surface area contributed by atoms with Crippen LogP contribution in [0.5, 0.6) is 11.5 Å². The number of para-hydroxylation sites is 1. The second-order valence-corrected chi connectivity index (χ2v) is 8.00. The molecule has 0 bridgehead atoms. The van der Waals surface area contributed by atoms with Crippen molar-refractivity contribution in [2.24, 2.45) is 0 Å². The highest BCUT2D eigenvalue weighted by atomic mass is 16.5. The van der Waals surface area contributed by atoms with Crippen molar-refractivity contribution < 1.29 is 4.74 Å². The Kier molecular flexibility index (Phi) is 3.12. The summed E-state index contributed by atoms with van der Waals surface area (Å²) in [6.45, 7) is 4.61. The van der Waals surface area contributed by atoms with E-state index in [1.807, 2.05) is 0 Å². The van der Waals surface area contributed by atoms with Crippen LogP contribution in [-0.4, -0.2) is 0 Å². The Balaban J connectivity index is 1.81. The molecule has 0 aliphatic carbocycles. The third-order valence-electron chi connectivity index (χ3n) is 6.94. The topological polar surface area (TPSA) is 9.23 Å². The minimum atomic E-state index is -0.00533. The van der Waals surface area contributed by atoms with Crippen molar-refractivity contribution in [2.75, 3.05) is 0 Å². The molecule has 0 saturated heterocycles. The van der Waals surface area contributed by atoms with Crippen LogP contribution in [0.3, 0.4) is 0 Å². The summed E-state index contributed by atoms with van der Waals surface area (Å²) >= 11 is 0. The Labute approximate surface area is 164 Å². The van der Waals surface area contributed by atoms with Crippen molar-refractivity contribution in [1.82, 2.24) is 0 Å². The molecule has 0 N–H and O–H groups in total. The Bertz CT molecular complexity index is 1340. The summed E-state index contributed by atoms with van der Waals surface area (Å²) in [5.41, 5.74) is 2.65. The SMILES string of the molecule is CCC1(CC)c2ccccc2Oc2c1cc1ccc3cccc4ccc2c1c34. The fraction of sp³-hybridized carbons (Fsp3) is 0.185. The van der Waals surface area contributed by atoms with Gasteiger partial charge in [0.2, 0.25) is 0 Å². The van der Waals surface area contributed by atoms with Gasteiger partial charge in [0.05, 0.1) is 0 Å². The predicted molar refractivity (Wildman–Crippen MR) is 118 cm³/mol. The number of hydrogen-bond donors (Lipinski definition) is 0. The highest BCUT2D eigenvalue weighted by Gasteiger charge is 2.40. The van der Waals surface area contributed by atoms with E-state index in [4.69, 9.17) is 4.74 Å². The van der Waals surface area contributed by atoms with Crippen LogP contribution in [0.1, 0.15) is 37.8 Å². The van der Waals surface area contributed by atoms with Crippen LogP contribution in [0.15, 0.2) is 72.8 Å². The first-order valence-electron chi connectivity index (χ1n) is 10.2. The second-order valence-electron chi connectivity index (χ2n) is 8.00. The quantitative estimate of drug-likeness (QED) is 0.291. The van der Waals surface area contributed by atoms with Gasteiger partial charge < -0.3 is 4.74 Å². The molecule has 0 amide bonds. The third-order valence-corrected chi connectivity index (χ3v) is 6.94. The molecule has 1 heteroatoms. The molecule has 5 aromatic rings. The zero-order valence-corrected chi connectivity index (χ0v) is 16.3. The maximum Gasteiger partial charge on any atom is 0.139 e. The van der Waals surface area contributed by atoms with Gasteiger partial charge in [-0.2, -0.15) is 0 Å². The zero-order valence-electron chi connectivity index (χ0n) is 16.3. The van der Waals surface area contributed by atoms with Crippen LogP contribution in [0.25, 0.3) is 32.3 Å². The molecular formula is C27H22O. The first-order valence-corrected chi connectivity index (χ1v) is 10.2. The van der Waals surface area contributed by atoms with Crippen LogP contribution in [-0.2, 0) is 5.41 Å². The lowest BCUT2D eigenvalue weighted by Crippen LogP contribution is -2.30. The van der Waals surface area contributed by atoms with Gasteiger partial charge in [0.1, 0.15) is 11.5 Å². The van der Waals surface area contributed by atoms with Crippen molar-refractivity contribution >= 4 is 32.3 Å². The number of ether oxygens (including phenoxy) is 1. The molecule has 0 spiro atoms. The molecule has 0 atom stereocenters. The van der Waals surface area contributed by atoms with Gasteiger partial charge in [-0.3, -0.25) is 0 Å². The van der Waals surface area contributed by atoms with Gasteiger partial charge in [0, 0.05) is 27.3 Å². The summed E-state index contributed by atoms with van der Waals surface area (Å²) in [5.74, 6) is 2.06. The van der Waals surface area contributed by atoms with Gasteiger partial charge in [-0.1, -0.05) is 68.4 Å². The van der Waals surface area contributed by atoms with Crippen LogP contribution in [0, 0.1) is 0 Å². The third kappa shape index (κ3) is 1.82. The standard InChI is InChI=1S/C27H22O/c1-3-27(4-2)21-10-5-6-11-23(21)28-26-20-15-14-18-9-7-8-17-12-13-19(16-22(26)27)25(20)24(17)18/h5-16H,3-4H2,1-2H3. The monoisotopic (exact) mass is 362 g/mol. The van der Waals surface area contributed by atoms with Gasteiger partial charge in [0.25, 0.3) is 0 Å². The normalized spacial score (nSPS) is 14.9. The lowest BCUT2D eigenvalue weighted by molar-refractivity contribution is 0.378. The number of benzene rings is 5. The van der Waals surface area contributed by atoms with Crippen molar-refractivity contribution in [1.29, 1.82) is 0 Å². The van der Waals surface area contributed by atoms with Crippen molar-refractivity contribution in [3.05, 3.63) is 83.9 Å². The van der Waals surface area contributed by atoms with E-state index in [0.717, 1.165) is 24.3 Å². The van der Waals surface area contributed by atoms with E-state index in [0.29, 0.717) is 0 Å². The lowest BCUT2D eigenvalue weighted by Gasteiger charge is -2.40. The second kappa shape index (κ2) is 5.48. The van der Waals surface area contributed by atoms with Crippen molar-refractivity contribution in [3.8, 4) is 11.5 Å². The van der Waals surface area contributed by atoms with Gasteiger partial charge in [-0.05, 0) is 52.6 Å². The van der Waals surface area contributed by atoms with E-state index in [9.17, 15) is 0 Å². The molecule has 1 aliphatic heterocycles. The summed E-state index contributed by atoms with van der Waals surface area (Å²) in [6, 6.07) is 26.6. The fourth-order valence-electron chi connectivity index (χ4n) is 5.47. The average Bonchev–Trinajstić information content (AvgIpc) is 2.76. The molecule has 28 heavy (non-hydrogen) atoms. The minimum Gasteiger partial charge on any atom is -0.456 e. The van der Waals surface area contributed by atoms with Crippen molar-refractivity contribution in [3.63, 3.8) is 0 Å². The Morgan fingerprint density at radius 3 is 2.18 bits per heavy atom. The number of hydrogen-bond acceptors (Lipinski definition) is 1. The Hall–Kier alpha value is -3.06.